The predicted octanol–water partition coefficient (Wildman–Crippen LogP) is 1.96. The van der Waals surface area contributed by atoms with E-state index in [0.717, 1.165) is 12.2 Å². The molecule has 0 heterocycles. The average Bonchev–Trinajstić information content (AvgIpc) is 1.82. The molecule has 0 radical (unpaired) electrons. The van der Waals surface area contributed by atoms with Gasteiger partial charge in [0.15, 0.2) is 0 Å². The van der Waals surface area contributed by atoms with Crippen LogP contribution in [-0.4, -0.2) is 17.8 Å². The molecular formula is C7H14OS. The lowest BCUT2D eigenvalue weighted by atomic mass is 10.1. The fraction of sp³-hybridized carbons (Fsp3) is 0.857. The molecule has 2 heteroatoms. The third-order valence-corrected chi connectivity index (χ3v) is 1.81. The van der Waals surface area contributed by atoms with Gasteiger partial charge in [-0.05, 0) is 12.0 Å². The number of hydrogen-bond donors (Lipinski definition) is 0. The fourth-order valence-corrected chi connectivity index (χ4v) is 0.897. The van der Waals surface area contributed by atoms with E-state index in [-0.39, 0.29) is 5.92 Å². The van der Waals surface area contributed by atoms with Crippen molar-refractivity contribution in [1.29, 1.82) is 0 Å². The van der Waals surface area contributed by atoms with Gasteiger partial charge in [0.25, 0.3) is 0 Å². The molecule has 0 saturated carbocycles. The molecule has 0 fully saturated rings. The van der Waals surface area contributed by atoms with Gasteiger partial charge >= 0.3 is 0 Å². The van der Waals surface area contributed by atoms with Crippen molar-refractivity contribution in [2.45, 2.75) is 20.3 Å². The number of carbonyl (C=O) groups is 1. The summed E-state index contributed by atoms with van der Waals surface area (Å²) in [4.78, 5) is 10.9. The highest BCUT2D eigenvalue weighted by Crippen LogP contribution is 2.02. The zero-order valence-electron chi connectivity index (χ0n) is 6.31. The van der Waals surface area contributed by atoms with Crippen LogP contribution in [0.4, 0.5) is 0 Å². The van der Waals surface area contributed by atoms with Crippen LogP contribution < -0.4 is 0 Å². The Hall–Kier alpha value is 0.0200. The zero-order chi connectivity index (χ0) is 7.28. The molecule has 0 rings (SSSR count). The first-order chi connectivity index (χ1) is 4.18. The van der Waals surface area contributed by atoms with Gasteiger partial charge in [0.1, 0.15) is 5.78 Å². The van der Waals surface area contributed by atoms with Gasteiger partial charge in [-0.2, -0.15) is 11.8 Å². The van der Waals surface area contributed by atoms with Crippen molar-refractivity contribution in [3.05, 3.63) is 0 Å². The minimum Gasteiger partial charge on any atom is -0.299 e. The Balaban J connectivity index is 3.28. The minimum atomic E-state index is 0.220. The molecule has 0 atom stereocenters. The van der Waals surface area contributed by atoms with Gasteiger partial charge in [-0.3, -0.25) is 4.79 Å². The molecule has 0 spiro atoms. The van der Waals surface area contributed by atoms with Crippen molar-refractivity contribution in [1.82, 2.24) is 0 Å². The van der Waals surface area contributed by atoms with E-state index in [4.69, 9.17) is 0 Å². The Morgan fingerprint density at radius 1 is 1.56 bits per heavy atom. The molecule has 0 saturated heterocycles. The second kappa shape index (κ2) is 4.86. The number of hydrogen-bond acceptors (Lipinski definition) is 2. The monoisotopic (exact) mass is 146 g/mol. The van der Waals surface area contributed by atoms with Gasteiger partial charge in [-0.25, -0.2) is 0 Å². The Labute approximate surface area is 61.2 Å². The van der Waals surface area contributed by atoms with Crippen molar-refractivity contribution in [3.8, 4) is 0 Å². The maximum atomic E-state index is 10.9. The Morgan fingerprint density at radius 3 is 2.44 bits per heavy atom. The summed E-state index contributed by atoms with van der Waals surface area (Å²) in [6.07, 6.45) is 2.76. The highest BCUT2D eigenvalue weighted by Gasteiger charge is 2.04. The maximum absolute atomic E-state index is 10.9. The van der Waals surface area contributed by atoms with Crippen LogP contribution in [0, 0.1) is 5.92 Å². The van der Waals surface area contributed by atoms with Crippen molar-refractivity contribution in [2.75, 3.05) is 12.0 Å². The van der Waals surface area contributed by atoms with Gasteiger partial charge in [-0.1, -0.05) is 13.8 Å². The summed E-state index contributed by atoms with van der Waals surface area (Å²) in [5.41, 5.74) is 0. The number of thioether (sulfide) groups is 1. The molecule has 0 aromatic heterocycles. The van der Waals surface area contributed by atoms with Crippen LogP contribution in [0.25, 0.3) is 0 Å². The molecule has 0 aromatic rings. The van der Waals surface area contributed by atoms with Gasteiger partial charge in [0, 0.05) is 12.3 Å². The van der Waals surface area contributed by atoms with E-state index >= 15 is 0 Å². The molecule has 0 aliphatic carbocycles. The minimum absolute atomic E-state index is 0.220. The largest absolute Gasteiger partial charge is 0.299 e. The lowest BCUT2D eigenvalue weighted by molar-refractivity contribution is -0.121. The summed E-state index contributed by atoms with van der Waals surface area (Å²) in [7, 11) is 0. The van der Waals surface area contributed by atoms with E-state index in [0.29, 0.717) is 5.78 Å². The highest BCUT2D eigenvalue weighted by atomic mass is 32.2. The molecule has 54 valence electrons. The van der Waals surface area contributed by atoms with Gasteiger partial charge in [0.05, 0.1) is 0 Å². The number of Topliss-reactive ketones (excluding diaryl/α,β-unsaturated/α-hetero) is 1. The van der Waals surface area contributed by atoms with Gasteiger partial charge < -0.3 is 0 Å². The topological polar surface area (TPSA) is 17.1 Å². The van der Waals surface area contributed by atoms with Crippen LogP contribution in [0.5, 0.6) is 0 Å². The summed E-state index contributed by atoms with van der Waals surface area (Å²) in [6, 6.07) is 0. The first-order valence-electron chi connectivity index (χ1n) is 3.20. The highest BCUT2D eigenvalue weighted by molar-refractivity contribution is 7.98. The second-order valence-electron chi connectivity index (χ2n) is 2.36. The Kier molecular flexibility index (Phi) is 4.87. The summed E-state index contributed by atoms with van der Waals surface area (Å²) >= 11 is 1.73. The number of carbonyl (C=O) groups excluding carboxylic acids is 1. The average molecular weight is 146 g/mol. The van der Waals surface area contributed by atoms with Crippen molar-refractivity contribution < 1.29 is 4.79 Å². The SMILES string of the molecule is CSCCC(=O)C(C)C. The zero-order valence-corrected chi connectivity index (χ0v) is 7.12. The predicted molar refractivity (Wildman–Crippen MR) is 42.8 cm³/mol. The van der Waals surface area contributed by atoms with E-state index in [2.05, 4.69) is 0 Å². The molecule has 1 nitrogen and oxygen atoms in total. The van der Waals surface area contributed by atoms with Crippen molar-refractivity contribution in [2.24, 2.45) is 5.92 Å². The van der Waals surface area contributed by atoms with E-state index in [1.54, 1.807) is 11.8 Å². The first-order valence-corrected chi connectivity index (χ1v) is 4.59. The quantitative estimate of drug-likeness (QED) is 0.603. The molecule has 0 bridgehead atoms. The van der Waals surface area contributed by atoms with Gasteiger partial charge in [0.2, 0.25) is 0 Å². The van der Waals surface area contributed by atoms with Crippen LogP contribution in [0.1, 0.15) is 20.3 Å². The standard InChI is InChI=1S/C7H14OS/c1-6(2)7(8)4-5-9-3/h6H,4-5H2,1-3H3. The van der Waals surface area contributed by atoms with E-state index < -0.39 is 0 Å². The smallest absolute Gasteiger partial charge is 0.136 e. The molecule has 0 N–H and O–H groups in total. The third kappa shape index (κ3) is 4.52. The molecule has 0 aliphatic heterocycles. The van der Waals surface area contributed by atoms with Crippen molar-refractivity contribution in [3.63, 3.8) is 0 Å². The molecule has 0 aliphatic rings. The number of rotatable bonds is 4. The van der Waals surface area contributed by atoms with Crippen LogP contribution in [0.15, 0.2) is 0 Å². The lowest BCUT2D eigenvalue weighted by Crippen LogP contribution is -2.07. The second-order valence-corrected chi connectivity index (χ2v) is 3.35. The molecule has 0 amide bonds. The molecule has 0 aromatic carbocycles. The summed E-state index contributed by atoms with van der Waals surface area (Å²) < 4.78 is 0. The Morgan fingerprint density at radius 2 is 2.11 bits per heavy atom. The third-order valence-electron chi connectivity index (χ3n) is 1.20. The van der Waals surface area contributed by atoms with Crippen LogP contribution in [-0.2, 0) is 4.79 Å². The summed E-state index contributed by atoms with van der Waals surface area (Å²) in [5, 5.41) is 0. The lowest BCUT2D eigenvalue weighted by Gasteiger charge is -2.00. The van der Waals surface area contributed by atoms with Crippen LogP contribution in [0.2, 0.25) is 0 Å². The summed E-state index contributed by atoms with van der Waals surface area (Å²) in [6.45, 7) is 3.89. The molecule has 0 unspecified atom stereocenters. The van der Waals surface area contributed by atoms with Gasteiger partial charge in [-0.15, -0.1) is 0 Å². The maximum Gasteiger partial charge on any atom is 0.136 e. The van der Waals surface area contributed by atoms with Crippen LogP contribution in [0.3, 0.4) is 0 Å². The first kappa shape index (κ1) is 9.02. The molecule has 9 heavy (non-hydrogen) atoms. The summed E-state index contributed by atoms with van der Waals surface area (Å²) in [5.74, 6) is 1.57. The van der Waals surface area contributed by atoms with Crippen molar-refractivity contribution >= 4 is 17.5 Å². The fourth-order valence-electron chi connectivity index (χ4n) is 0.491. The Bertz CT molecular complexity index is 88.9. The van der Waals surface area contributed by atoms with Crippen LogP contribution >= 0.6 is 11.8 Å². The van der Waals surface area contributed by atoms with E-state index in [1.165, 1.54) is 0 Å². The van der Waals surface area contributed by atoms with E-state index in [1.807, 2.05) is 20.1 Å². The molecular weight excluding hydrogens is 132 g/mol. The normalized spacial score (nSPS) is 10.2. The number of ketones is 1. The van der Waals surface area contributed by atoms with E-state index in [9.17, 15) is 4.79 Å².